The van der Waals surface area contributed by atoms with Gasteiger partial charge in [0, 0.05) is 17.7 Å². The van der Waals surface area contributed by atoms with Crippen LogP contribution < -0.4 is 5.32 Å². The zero-order valence-corrected chi connectivity index (χ0v) is 32.5. The molecule has 0 aromatic carbocycles. The third-order valence-electron chi connectivity index (χ3n) is 7.44. The Hall–Kier alpha value is -1.46. The Kier molecular flexibility index (Phi) is 44.9. The quantitative estimate of drug-likeness (QED) is 0.122. The first kappa shape index (κ1) is 50.2. The molecule has 1 heteroatoms. The lowest BCUT2D eigenvalue weighted by atomic mass is 9.84. The molecular weight excluding hydrogens is 506 g/mol. The van der Waals surface area contributed by atoms with Crippen LogP contribution in [0, 0.1) is 23.2 Å². The van der Waals surface area contributed by atoms with Gasteiger partial charge in [0.15, 0.2) is 0 Å². The van der Waals surface area contributed by atoms with Gasteiger partial charge in [0.1, 0.15) is 0 Å². The number of hydrogen-bond donors (Lipinski definition) is 1. The highest BCUT2D eigenvalue weighted by Gasteiger charge is 2.15. The summed E-state index contributed by atoms with van der Waals surface area (Å²) in [5.41, 5.74) is 7.35. The van der Waals surface area contributed by atoms with Crippen LogP contribution in [0.25, 0.3) is 0 Å². The van der Waals surface area contributed by atoms with Gasteiger partial charge in [-0.05, 0) is 82.4 Å². The molecule has 0 radical (unpaired) electrons. The van der Waals surface area contributed by atoms with Crippen LogP contribution in [0.15, 0.2) is 53.5 Å². The van der Waals surface area contributed by atoms with Gasteiger partial charge >= 0.3 is 0 Å². The van der Waals surface area contributed by atoms with Gasteiger partial charge in [-0.15, -0.1) is 12.3 Å². The van der Waals surface area contributed by atoms with E-state index in [1.54, 1.807) is 6.08 Å². The molecule has 1 rings (SSSR count). The van der Waals surface area contributed by atoms with Gasteiger partial charge in [0.05, 0.1) is 0 Å². The Morgan fingerprint density at radius 1 is 0.857 bits per heavy atom. The van der Waals surface area contributed by atoms with Gasteiger partial charge in [-0.1, -0.05) is 153 Å². The van der Waals surface area contributed by atoms with Crippen molar-refractivity contribution in [3.63, 3.8) is 0 Å². The molecule has 1 aliphatic rings. The van der Waals surface area contributed by atoms with E-state index in [1.807, 2.05) is 33.8 Å². The highest BCUT2D eigenvalue weighted by molar-refractivity contribution is 5.25. The first-order chi connectivity index (χ1) is 19.8. The molecule has 1 N–H and O–H groups in total. The van der Waals surface area contributed by atoms with E-state index in [0.29, 0.717) is 0 Å². The van der Waals surface area contributed by atoms with Crippen LogP contribution in [0.2, 0.25) is 0 Å². The third-order valence-corrected chi connectivity index (χ3v) is 7.44. The molecule has 0 atom stereocenters. The highest BCUT2D eigenvalue weighted by Crippen LogP contribution is 2.27. The topological polar surface area (TPSA) is 12.0 Å². The SMILES string of the molecule is C/C=C(\NCCCC)C(C)(C)C.C=CC.CC.CC1CCC(C)CC1.CC=C=C(C)/C(C)=C\CC.CCC(CC)CC. The molecule has 0 bridgehead atoms. The van der Waals surface area contributed by atoms with Crippen molar-refractivity contribution < 1.29 is 0 Å². The summed E-state index contributed by atoms with van der Waals surface area (Å²) in [6.45, 7) is 41.2. The molecule has 0 aromatic rings. The van der Waals surface area contributed by atoms with E-state index in [-0.39, 0.29) is 5.41 Å². The van der Waals surface area contributed by atoms with Crippen molar-refractivity contribution in [3.05, 3.63) is 53.5 Å². The standard InChI is InChI=1S/C11H23N.C10H16.C8H16.C7H16.C3H6.C2H6/c1-6-8-9-12-10(7-2)11(3,4)5;1-5-7-9(3)10(4)8-6-2;1-7-3-5-8(2)6-4-7;1-4-7(5-2)6-3;1-3-2;1-2/h7,12H,6,8-9H2,1-5H3;5,8H,6H2,1-4H3;7-8H,3-6H2,1-2H3;7H,4-6H2,1-3H3;3H,1H2,2H3;1-2H3/b10-7-;10-8-;;;;. The largest absolute Gasteiger partial charge is 0.388 e. The number of unbranched alkanes of at least 4 members (excludes halogenated alkanes) is 1. The first-order valence-electron chi connectivity index (χ1n) is 17.8. The Morgan fingerprint density at radius 3 is 1.50 bits per heavy atom. The minimum absolute atomic E-state index is 0.266. The molecule has 0 heterocycles. The second kappa shape index (κ2) is 37.6. The van der Waals surface area contributed by atoms with Crippen LogP contribution >= 0.6 is 0 Å². The van der Waals surface area contributed by atoms with E-state index in [4.69, 9.17) is 0 Å². The maximum atomic E-state index is 3.47. The Labute approximate surface area is 269 Å². The predicted octanol–water partition coefficient (Wildman–Crippen LogP) is 14.7. The van der Waals surface area contributed by atoms with Crippen molar-refractivity contribution in [2.45, 2.75) is 182 Å². The molecule has 1 fully saturated rings. The molecule has 0 saturated heterocycles. The second-order valence-corrected chi connectivity index (χ2v) is 12.5. The fourth-order valence-corrected chi connectivity index (χ4v) is 4.28. The summed E-state index contributed by atoms with van der Waals surface area (Å²) in [6.07, 6.45) is 21.7. The maximum Gasteiger partial charge on any atom is 0.0143 e. The molecule has 0 amide bonds. The molecular formula is C41H83N. The van der Waals surface area contributed by atoms with Crippen molar-refractivity contribution in [1.29, 1.82) is 0 Å². The van der Waals surface area contributed by atoms with Crippen LogP contribution in [-0.4, -0.2) is 6.54 Å². The Morgan fingerprint density at radius 2 is 1.26 bits per heavy atom. The monoisotopic (exact) mass is 590 g/mol. The van der Waals surface area contributed by atoms with Crippen LogP contribution in [-0.2, 0) is 0 Å². The normalized spacial score (nSPS) is 16.0. The van der Waals surface area contributed by atoms with Gasteiger partial charge in [0.25, 0.3) is 0 Å². The predicted molar refractivity (Wildman–Crippen MR) is 201 cm³/mol. The molecule has 0 unspecified atom stereocenters. The van der Waals surface area contributed by atoms with E-state index < -0.39 is 0 Å². The van der Waals surface area contributed by atoms with E-state index in [9.17, 15) is 0 Å². The summed E-state index contributed by atoms with van der Waals surface area (Å²) in [4.78, 5) is 0. The molecule has 252 valence electrons. The molecule has 42 heavy (non-hydrogen) atoms. The maximum absolute atomic E-state index is 3.47. The van der Waals surface area contributed by atoms with Gasteiger partial charge < -0.3 is 5.32 Å². The number of allylic oxidation sites excluding steroid dienone is 6. The van der Waals surface area contributed by atoms with Gasteiger partial charge in [0.2, 0.25) is 0 Å². The zero-order chi connectivity index (χ0) is 34.0. The van der Waals surface area contributed by atoms with Crippen LogP contribution in [0.4, 0.5) is 0 Å². The fourth-order valence-electron chi connectivity index (χ4n) is 4.28. The molecule has 0 spiro atoms. The van der Waals surface area contributed by atoms with E-state index >= 15 is 0 Å². The summed E-state index contributed by atoms with van der Waals surface area (Å²) in [5, 5.41) is 3.47. The third kappa shape index (κ3) is 38.5. The van der Waals surface area contributed by atoms with Crippen LogP contribution in [0.3, 0.4) is 0 Å². The lowest BCUT2D eigenvalue weighted by molar-refractivity contribution is 0.308. The number of hydrogen-bond acceptors (Lipinski definition) is 1. The lowest BCUT2D eigenvalue weighted by Crippen LogP contribution is -2.25. The minimum atomic E-state index is 0.266. The smallest absolute Gasteiger partial charge is 0.0143 e. The fraction of sp³-hybridized carbons (Fsp3) is 0.780. The highest BCUT2D eigenvalue weighted by atomic mass is 14.9. The van der Waals surface area contributed by atoms with Crippen molar-refractivity contribution in [2.75, 3.05) is 6.54 Å². The Bertz CT molecular complexity index is 636. The van der Waals surface area contributed by atoms with E-state index in [2.05, 4.69) is 120 Å². The van der Waals surface area contributed by atoms with Gasteiger partial charge in [-0.3, -0.25) is 0 Å². The minimum Gasteiger partial charge on any atom is -0.388 e. The van der Waals surface area contributed by atoms with Gasteiger partial charge in [-0.25, -0.2) is 0 Å². The van der Waals surface area contributed by atoms with E-state index in [0.717, 1.165) is 30.7 Å². The molecule has 0 aromatic heterocycles. The zero-order valence-electron chi connectivity index (χ0n) is 32.5. The van der Waals surface area contributed by atoms with Crippen molar-refractivity contribution in [2.24, 2.45) is 23.2 Å². The molecule has 1 aliphatic carbocycles. The van der Waals surface area contributed by atoms with E-state index in [1.165, 1.54) is 74.6 Å². The van der Waals surface area contributed by atoms with Gasteiger partial charge in [-0.2, -0.15) is 0 Å². The summed E-state index contributed by atoms with van der Waals surface area (Å²) in [7, 11) is 0. The number of nitrogens with one attached hydrogen (secondary N) is 1. The average molecular weight is 590 g/mol. The summed E-state index contributed by atoms with van der Waals surface area (Å²) in [6, 6.07) is 0. The summed E-state index contributed by atoms with van der Waals surface area (Å²) < 4.78 is 0. The molecule has 1 nitrogen and oxygen atoms in total. The van der Waals surface area contributed by atoms with Crippen molar-refractivity contribution in [1.82, 2.24) is 5.32 Å². The van der Waals surface area contributed by atoms with Crippen LogP contribution in [0.1, 0.15) is 182 Å². The van der Waals surface area contributed by atoms with Crippen molar-refractivity contribution >= 4 is 0 Å². The summed E-state index contributed by atoms with van der Waals surface area (Å²) >= 11 is 0. The number of rotatable bonds is 9. The van der Waals surface area contributed by atoms with Crippen LogP contribution in [0.5, 0.6) is 0 Å². The first-order valence-corrected chi connectivity index (χ1v) is 17.8. The molecule has 1 saturated carbocycles. The van der Waals surface area contributed by atoms with Crippen molar-refractivity contribution in [3.8, 4) is 0 Å². The summed E-state index contributed by atoms with van der Waals surface area (Å²) in [5.74, 6) is 3.03. The molecule has 0 aliphatic heterocycles. The second-order valence-electron chi connectivity index (χ2n) is 12.5. The Balaban J connectivity index is -0.000000139. The average Bonchev–Trinajstić information content (AvgIpc) is 2.96. The lowest BCUT2D eigenvalue weighted by Gasteiger charge is -2.24.